The molecule has 0 aliphatic carbocycles. The lowest BCUT2D eigenvalue weighted by atomic mass is 9.92. The summed E-state index contributed by atoms with van der Waals surface area (Å²) in [6, 6.07) is 28.7. The fourth-order valence-corrected chi connectivity index (χ4v) is 8.07. The Bertz CT molecular complexity index is 3410. The van der Waals surface area contributed by atoms with Crippen LogP contribution in [0.15, 0.2) is 182 Å². The van der Waals surface area contributed by atoms with Crippen LogP contribution in [-0.2, 0) is 38.4 Å². The molecule has 0 radical (unpaired) electrons. The van der Waals surface area contributed by atoms with E-state index in [1.54, 1.807) is 0 Å². The Labute approximate surface area is 427 Å². The number of hydrogen-bond donors (Lipinski definition) is 0. The van der Waals surface area contributed by atoms with E-state index in [9.17, 15) is 57.5 Å². The zero-order chi connectivity index (χ0) is 53.4. The molecular weight excluding hydrogens is 985 g/mol. The smallest absolute Gasteiger partial charge is 0.344 e. The molecule has 20 heteroatoms. The lowest BCUT2D eigenvalue weighted by molar-refractivity contribution is -0.121. The van der Waals surface area contributed by atoms with Crippen LogP contribution in [0.4, 0.5) is 22.7 Å². The predicted octanol–water partition coefficient (Wildman–Crippen LogP) is 5.95. The monoisotopic (exact) mass is 1010 g/mol. The van der Waals surface area contributed by atoms with Crippen molar-refractivity contribution in [2.45, 2.75) is 0 Å². The summed E-state index contributed by atoms with van der Waals surface area (Å²) in [5.41, 5.74) is -0.654. The number of carbonyl (C=O) groups is 12. The standard InChI is InChI=1S/C56H30N4O16/c61-45-21-22-46(62)57(45)33-3-11-37(12-4-33)73-53(69)31-1-19-41(55(71)75-39-15-7-35(8-16-39)59-49(65)25-26-50(59)66)43(29-31)44-30-32(54(70)74-38-13-5-34(6-14-38)58-47(63)23-24-48(58)64)2-20-42(44)56(72)76-40-17-9-36(10-18-40)60-51(67)27-28-52(60)68/h1-30H. The molecule has 0 atom stereocenters. The first-order valence-corrected chi connectivity index (χ1v) is 22.4. The topological polar surface area (TPSA) is 255 Å². The molecule has 0 fully saturated rings. The van der Waals surface area contributed by atoms with Crippen molar-refractivity contribution >= 4 is 93.9 Å². The van der Waals surface area contributed by atoms with E-state index in [1.165, 1.54) is 133 Å². The quantitative estimate of drug-likeness (QED) is 0.0736. The van der Waals surface area contributed by atoms with Crippen molar-refractivity contribution in [1.29, 1.82) is 0 Å². The summed E-state index contributed by atoms with van der Waals surface area (Å²) >= 11 is 0. The number of imide groups is 4. The molecule has 0 aromatic heterocycles. The van der Waals surface area contributed by atoms with Gasteiger partial charge in [-0.3, -0.25) is 38.4 Å². The molecule has 10 rings (SSSR count). The Kier molecular flexibility index (Phi) is 12.6. The number of anilines is 4. The van der Waals surface area contributed by atoms with Gasteiger partial charge in [-0.1, -0.05) is 0 Å². The van der Waals surface area contributed by atoms with Gasteiger partial charge >= 0.3 is 23.9 Å². The first-order chi connectivity index (χ1) is 36.6. The first-order valence-electron chi connectivity index (χ1n) is 22.4. The Morgan fingerprint density at radius 1 is 0.263 bits per heavy atom. The van der Waals surface area contributed by atoms with E-state index in [1.807, 2.05) is 0 Å². The van der Waals surface area contributed by atoms with E-state index in [0.29, 0.717) is 0 Å². The van der Waals surface area contributed by atoms with Gasteiger partial charge < -0.3 is 18.9 Å². The predicted molar refractivity (Wildman–Crippen MR) is 264 cm³/mol. The summed E-state index contributed by atoms with van der Waals surface area (Å²) in [6.45, 7) is 0. The van der Waals surface area contributed by atoms with Crippen LogP contribution < -0.4 is 38.5 Å². The minimum atomic E-state index is -1.07. The van der Waals surface area contributed by atoms with Crippen molar-refractivity contribution < 1.29 is 76.5 Å². The zero-order valence-electron chi connectivity index (χ0n) is 38.6. The second-order valence-corrected chi connectivity index (χ2v) is 16.4. The normalized spacial score (nSPS) is 14.7. The highest BCUT2D eigenvalue weighted by atomic mass is 16.5. The molecule has 76 heavy (non-hydrogen) atoms. The molecule has 6 aromatic rings. The van der Waals surface area contributed by atoms with Crippen molar-refractivity contribution in [1.82, 2.24) is 0 Å². The van der Waals surface area contributed by atoms with Crippen LogP contribution in [0.2, 0.25) is 0 Å². The fourth-order valence-electron chi connectivity index (χ4n) is 8.07. The zero-order valence-corrected chi connectivity index (χ0v) is 38.6. The highest BCUT2D eigenvalue weighted by Gasteiger charge is 2.30. The summed E-state index contributed by atoms with van der Waals surface area (Å²) < 4.78 is 22.8. The number of carbonyl (C=O) groups excluding carboxylic acids is 12. The maximum atomic E-state index is 14.4. The number of esters is 4. The van der Waals surface area contributed by atoms with Gasteiger partial charge in [0.25, 0.3) is 47.3 Å². The highest BCUT2D eigenvalue weighted by Crippen LogP contribution is 2.34. The van der Waals surface area contributed by atoms with E-state index in [0.717, 1.165) is 68.2 Å². The molecule has 20 nitrogen and oxygen atoms in total. The van der Waals surface area contributed by atoms with Crippen molar-refractivity contribution in [3.8, 4) is 34.1 Å². The van der Waals surface area contributed by atoms with Crippen molar-refractivity contribution in [3.05, 3.63) is 204 Å². The molecule has 0 spiro atoms. The van der Waals surface area contributed by atoms with Gasteiger partial charge in [-0.15, -0.1) is 0 Å². The van der Waals surface area contributed by atoms with E-state index in [2.05, 4.69) is 0 Å². The summed E-state index contributed by atoms with van der Waals surface area (Å²) in [5, 5.41) is 0. The maximum absolute atomic E-state index is 14.4. The largest absolute Gasteiger partial charge is 0.423 e. The molecule has 4 aliphatic rings. The number of hydrogen-bond acceptors (Lipinski definition) is 16. The average Bonchev–Trinajstić information content (AvgIpc) is 4.17. The summed E-state index contributed by atoms with van der Waals surface area (Å²) in [7, 11) is 0. The van der Waals surface area contributed by atoms with E-state index >= 15 is 0 Å². The Morgan fingerprint density at radius 2 is 0.474 bits per heavy atom. The van der Waals surface area contributed by atoms with E-state index in [-0.39, 0.29) is 79.1 Å². The third-order valence-corrected chi connectivity index (χ3v) is 11.7. The second kappa shape index (κ2) is 19.7. The first kappa shape index (κ1) is 48.4. The van der Waals surface area contributed by atoms with Crippen molar-refractivity contribution in [2.24, 2.45) is 0 Å². The molecular formula is C56H30N4O16. The lowest BCUT2D eigenvalue weighted by Gasteiger charge is -2.17. The van der Waals surface area contributed by atoms with Gasteiger partial charge in [0.15, 0.2) is 0 Å². The van der Waals surface area contributed by atoms with Gasteiger partial charge in [-0.25, -0.2) is 38.8 Å². The molecule has 0 saturated heterocycles. The van der Waals surface area contributed by atoms with Gasteiger partial charge in [0.05, 0.1) is 45.0 Å². The highest BCUT2D eigenvalue weighted by molar-refractivity contribution is 6.30. The molecule has 6 aromatic carbocycles. The number of ether oxygens (including phenoxy) is 4. The molecule has 4 aliphatic heterocycles. The van der Waals surface area contributed by atoms with Crippen LogP contribution in [0, 0.1) is 0 Å². The van der Waals surface area contributed by atoms with E-state index in [4.69, 9.17) is 18.9 Å². The maximum Gasteiger partial charge on any atom is 0.344 e. The third-order valence-electron chi connectivity index (χ3n) is 11.7. The minimum Gasteiger partial charge on any atom is -0.423 e. The fraction of sp³-hybridized carbons (Fsp3) is 0. The van der Waals surface area contributed by atoms with Gasteiger partial charge in [-0.2, -0.15) is 0 Å². The number of rotatable bonds is 13. The van der Waals surface area contributed by atoms with Gasteiger partial charge in [0, 0.05) is 48.6 Å². The van der Waals surface area contributed by atoms with Gasteiger partial charge in [-0.05, 0) is 145 Å². The van der Waals surface area contributed by atoms with Crippen LogP contribution in [0.25, 0.3) is 11.1 Å². The summed E-state index contributed by atoms with van der Waals surface area (Å²) in [4.78, 5) is 159. The Hall–Kier alpha value is -11.3. The minimum absolute atomic E-state index is 0.0273. The molecule has 0 bridgehead atoms. The van der Waals surface area contributed by atoms with Crippen LogP contribution in [0.5, 0.6) is 23.0 Å². The van der Waals surface area contributed by atoms with Crippen LogP contribution in [-0.4, -0.2) is 71.1 Å². The lowest BCUT2D eigenvalue weighted by Crippen LogP contribution is -2.29. The van der Waals surface area contributed by atoms with Crippen LogP contribution in [0.3, 0.4) is 0 Å². The van der Waals surface area contributed by atoms with E-state index < -0.39 is 71.1 Å². The Balaban J connectivity index is 1.02. The second-order valence-electron chi connectivity index (χ2n) is 16.4. The average molecular weight is 1010 g/mol. The van der Waals surface area contributed by atoms with Crippen molar-refractivity contribution in [2.75, 3.05) is 19.6 Å². The number of benzene rings is 6. The van der Waals surface area contributed by atoms with Gasteiger partial charge in [0.1, 0.15) is 23.0 Å². The molecule has 0 N–H and O–H groups in total. The summed E-state index contributed by atoms with van der Waals surface area (Å²) in [6.07, 6.45) is 8.81. The molecule has 0 unspecified atom stereocenters. The number of nitrogens with zero attached hydrogens (tertiary/aromatic N) is 4. The Morgan fingerprint density at radius 3 is 0.697 bits per heavy atom. The number of amides is 8. The van der Waals surface area contributed by atoms with Crippen molar-refractivity contribution in [3.63, 3.8) is 0 Å². The molecule has 0 saturated carbocycles. The molecule has 4 heterocycles. The van der Waals surface area contributed by atoms with Crippen LogP contribution >= 0.6 is 0 Å². The van der Waals surface area contributed by atoms with Gasteiger partial charge in [0.2, 0.25) is 0 Å². The molecule has 370 valence electrons. The molecule has 8 amide bonds. The summed E-state index contributed by atoms with van der Waals surface area (Å²) in [5.74, 6) is -8.96. The van der Waals surface area contributed by atoms with Crippen LogP contribution in [0.1, 0.15) is 41.4 Å². The third kappa shape index (κ3) is 9.48. The SMILES string of the molecule is O=C(Oc1ccc(N2C(=O)C=CC2=O)cc1)c1ccc(C(=O)Oc2ccc(N3C(=O)C=CC3=O)cc2)c(-c2cc(C(=O)Oc3ccc(N4C(=O)C=CC4=O)cc3)ccc2C(=O)Oc2ccc(N3C(=O)C=CC3=O)cc2)c1.